The zero-order valence-corrected chi connectivity index (χ0v) is 23.4. The predicted octanol–water partition coefficient (Wildman–Crippen LogP) is 5.52. The van der Waals surface area contributed by atoms with Crippen molar-refractivity contribution in [2.75, 3.05) is 16.8 Å². The van der Waals surface area contributed by atoms with Crippen molar-refractivity contribution in [1.82, 2.24) is 19.7 Å². The number of hydrogen-bond acceptors (Lipinski definition) is 6. The number of nitrogens with one attached hydrogen (secondary N) is 1. The molecule has 3 aromatic heterocycles. The first-order chi connectivity index (χ1) is 19.9. The maximum atomic E-state index is 13.1. The minimum atomic E-state index is -3.14. The highest BCUT2D eigenvalue weighted by Crippen LogP contribution is 2.37. The van der Waals surface area contributed by atoms with E-state index in [2.05, 4.69) is 15.3 Å². The quantitative estimate of drug-likeness (QED) is 0.280. The molecule has 1 N–H and O–H groups in total. The van der Waals surface area contributed by atoms with Crippen molar-refractivity contribution in [3.8, 4) is 22.6 Å². The van der Waals surface area contributed by atoms with Crippen LogP contribution < -0.4 is 5.32 Å². The molecule has 8 nitrogen and oxygen atoms in total. The van der Waals surface area contributed by atoms with Crippen molar-refractivity contribution in [2.24, 2.45) is 0 Å². The van der Waals surface area contributed by atoms with Gasteiger partial charge in [-0.15, -0.1) is 0 Å². The van der Waals surface area contributed by atoms with Crippen molar-refractivity contribution in [1.29, 1.82) is 0 Å². The van der Waals surface area contributed by atoms with Gasteiger partial charge in [0.1, 0.15) is 5.69 Å². The Balaban J connectivity index is 1.44. The molecule has 2 aromatic carbocycles. The third-order valence-corrected chi connectivity index (χ3v) is 8.97. The monoisotopic (exact) mass is 563 g/mol. The van der Waals surface area contributed by atoms with Crippen LogP contribution in [0.5, 0.6) is 0 Å². The number of aromatic nitrogens is 4. The average molecular weight is 564 g/mol. The van der Waals surface area contributed by atoms with Crippen LogP contribution in [0, 0.1) is 6.92 Å². The van der Waals surface area contributed by atoms with Gasteiger partial charge >= 0.3 is 0 Å². The summed E-state index contributed by atoms with van der Waals surface area (Å²) in [7, 11) is -3.14. The highest BCUT2D eigenvalue weighted by molar-refractivity contribution is 7.91. The van der Waals surface area contributed by atoms with E-state index in [1.54, 1.807) is 24.7 Å². The number of pyridine rings is 2. The van der Waals surface area contributed by atoms with Gasteiger partial charge in [0, 0.05) is 35.5 Å². The fraction of sp³-hybridized carbons (Fsp3) is 0.188. The largest absolute Gasteiger partial charge is 0.321 e. The number of nitrogens with zero attached hydrogens (tertiary/aromatic N) is 4. The van der Waals surface area contributed by atoms with Gasteiger partial charge in [0.2, 0.25) is 0 Å². The van der Waals surface area contributed by atoms with E-state index in [9.17, 15) is 13.2 Å². The predicted molar refractivity (Wildman–Crippen MR) is 159 cm³/mol. The van der Waals surface area contributed by atoms with Crippen LogP contribution >= 0.6 is 0 Å². The summed E-state index contributed by atoms with van der Waals surface area (Å²) in [6.45, 7) is 1.92. The second-order valence-electron chi connectivity index (χ2n) is 10.3. The second kappa shape index (κ2) is 11.1. The van der Waals surface area contributed by atoms with Crippen LogP contribution in [0.15, 0.2) is 97.5 Å². The number of aryl methyl sites for hydroxylation is 1. The molecule has 0 aliphatic carbocycles. The molecule has 0 saturated carbocycles. The van der Waals surface area contributed by atoms with Gasteiger partial charge in [-0.25, -0.2) is 8.42 Å². The van der Waals surface area contributed by atoms with Crippen molar-refractivity contribution in [3.63, 3.8) is 0 Å². The summed E-state index contributed by atoms with van der Waals surface area (Å²) in [4.78, 5) is 21.9. The van der Waals surface area contributed by atoms with Gasteiger partial charge in [-0.1, -0.05) is 48.5 Å². The zero-order valence-electron chi connectivity index (χ0n) is 22.6. The minimum Gasteiger partial charge on any atom is -0.321 e. The summed E-state index contributed by atoms with van der Waals surface area (Å²) in [5, 5.41) is 7.95. The van der Waals surface area contributed by atoms with E-state index in [1.807, 2.05) is 84.4 Å². The molecular formula is C32H29N5O3S. The lowest BCUT2D eigenvalue weighted by Crippen LogP contribution is -2.14. The Labute approximate surface area is 239 Å². The van der Waals surface area contributed by atoms with Crippen molar-refractivity contribution < 1.29 is 13.2 Å². The van der Waals surface area contributed by atoms with Crippen LogP contribution in [0.2, 0.25) is 0 Å². The van der Waals surface area contributed by atoms with E-state index in [1.165, 1.54) is 0 Å². The van der Waals surface area contributed by atoms with Crippen LogP contribution in [0.3, 0.4) is 0 Å². The Hall–Kier alpha value is -4.63. The molecule has 1 atom stereocenters. The SMILES string of the molecule is Cc1cncc(NC(=O)c2cccc(Cc3c(-c4ccccn4)nn(C4CCS(=O)(=O)C4)c3-c3ccccc3)c2)c1. The van der Waals surface area contributed by atoms with Crippen LogP contribution in [0.25, 0.3) is 22.6 Å². The zero-order chi connectivity index (χ0) is 28.4. The number of anilines is 1. The molecule has 41 heavy (non-hydrogen) atoms. The molecule has 9 heteroatoms. The Kier molecular flexibility index (Phi) is 7.19. The molecule has 5 aromatic rings. The highest BCUT2D eigenvalue weighted by Gasteiger charge is 2.33. The van der Waals surface area contributed by atoms with Crippen LogP contribution in [-0.4, -0.2) is 45.6 Å². The van der Waals surface area contributed by atoms with Gasteiger partial charge in [0.25, 0.3) is 5.91 Å². The molecule has 0 bridgehead atoms. The Morgan fingerprint density at radius 3 is 2.56 bits per heavy atom. The second-order valence-corrected chi connectivity index (χ2v) is 12.6. The maximum Gasteiger partial charge on any atom is 0.255 e. The first-order valence-corrected chi connectivity index (χ1v) is 15.3. The standard InChI is InChI=1S/C32H29N5O3S/c1-22-16-26(20-33-19-22)35-32(38)25-11-7-8-23(17-25)18-28-30(29-12-5-6-14-34-29)36-37(27-13-15-41(39,40)21-27)31(28)24-9-3-2-4-10-24/h2-12,14,16-17,19-20,27H,13,15,18,21H2,1H3,(H,35,38). The third kappa shape index (κ3) is 5.81. The van der Waals surface area contributed by atoms with Gasteiger partial charge in [0.05, 0.1) is 40.8 Å². The van der Waals surface area contributed by atoms with E-state index >= 15 is 0 Å². The number of amides is 1. The van der Waals surface area contributed by atoms with Crippen LogP contribution in [0.4, 0.5) is 5.69 Å². The summed E-state index contributed by atoms with van der Waals surface area (Å²) >= 11 is 0. The van der Waals surface area contributed by atoms with Gasteiger partial charge < -0.3 is 5.32 Å². The molecule has 1 unspecified atom stereocenters. The Bertz CT molecular complexity index is 1820. The number of benzene rings is 2. The Morgan fingerprint density at radius 1 is 1.00 bits per heavy atom. The lowest BCUT2D eigenvalue weighted by Gasteiger charge is -2.15. The number of sulfone groups is 1. The van der Waals surface area contributed by atoms with Crippen molar-refractivity contribution in [3.05, 3.63) is 120 Å². The smallest absolute Gasteiger partial charge is 0.255 e. The summed E-state index contributed by atoms with van der Waals surface area (Å²) < 4.78 is 26.8. The summed E-state index contributed by atoms with van der Waals surface area (Å²) in [6.07, 6.45) is 6.07. The molecule has 206 valence electrons. The molecule has 4 heterocycles. The van der Waals surface area contributed by atoms with E-state index in [0.717, 1.165) is 27.9 Å². The molecule has 6 rings (SSSR count). The molecule has 1 saturated heterocycles. The van der Waals surface area contributed by atoms with E-state index < -0.39 is 9.84 Å². The number of rotatable bonds is 7. The lowest BCUT2D eigenvalue weighted by molar-refractivity contribution is 0.102. The molecule has 1 amide bonds. The summed E-state index contributed by atoms with van der Waals surface area (Å²) in [6, 6.07) is 24.7. The summed E-state index contributed by atoms with van der Waals surface area (Å²) in [5.41, 5.74) is 7.20. The fourth-order valence-corrected chi connectivity index (χ4v) is 7.02. The molecular weight excluding hydrogens is 534 g/mol. The number of carbonyl (C=O) groups excluding carboxylic acids is 1. The topological polar surface area (TPSA) is 107 Å². The molecule has 0 radical (unpaired) electrons. The van der Waals surface area contributed by atoms with E-state index in [4.69, 9.17) is 5.10 Å². The maximum absolute atomic E-state index is 13.1. The minimum absolute atomic E-state index is 0.0546. The van der Waals surface area contributed by atoms with Crippen molar-refractivity contribution in [2.45, 2.75) is 25.8 Å². The van der Waals surface area contributed by atoms with Crippen molar-refractivity contribution >= 4 is 21.4 Å². The Morgan fingerprint density at radius 2 is 1.83 bits per heavy atom. The molecule has 0 spiro atoms. The molecule has 1 aliphatic heterocycles. The fourth-order valence-electron chi connectivity index (χ4n) is 5.33. The van der Waals surface area contributed by atoms with Crippen LogP contribution in [-0.2, 0) is 16.3 Å². The first kappa shape index (κ1) is 26.6. The van der Waals surface area contributed by atoms with Gasteiger partial charge in [-0.3, -0.25) is 19.4 Å². The summed E-state index contributed by atoms with van der Waals surface area (Å²) in [5.74, 6) is -0.0217. The average Bonchev–Trinajstić information content (AvgIpc) is 3.53. The number of hydrogen-bond donors (Lipinski definition) is 1. The van der Waals surface area contributed by atoms with Gasteiger partial charge in [-0.05, 0) is 54.8 Å². The third-order valence-electron chi connectivity index (χ3n) is 7.22. The first-order valence-electron chi connectivity index (χ1n) is 13.5. The van der Waals surface area contributed by atoms with Gasteiger partial charge in [-0.2, -0.15) is 5.10 Å². The number of carbonyl (C=O) groups is 1. The highest BCUT2D eigenvalue weighted by atomic mass is 32.2. The van der Waals surface area contributed by atoms with Gasteiger partial charge in [0.15, 0.2) is 9.84 Å². The molecule has 1 fully saturated rings. The molecule has 1 aliphatic rings. The lowest BCUT2D eigenvalue weighted by atomic mass is 9.96. The van der Waals surface area contributed by atoms with E-state index in [0.29, 0.717) is 35.5 Å². The van der Waals surface area contributed by atoms with Crippen LogP contribution in [0.1, 0.15) is 39.5 Å². The normalized spacial score (nSPS) is 16.0. The van der Waals surface area contributed by atoms with E-state index in [-0.39, 0.29) is 23.5 Å².